The molecule has 0 spiro atoms. The van der Waals surface area contributed by atoms with Crippen LogP contribution in [-0.4, -0.2) is 45.0 Å². The molecular weight excluding hydrogens is 350 g/mol. The molecule has 8 heteroatoms. The molecule has 2 aliphatic rings. The smallest absolute Gasteiger partial charge is 0.351 e. The third-order valence-corrected chi connectivity index (χ3v) is 5.28. The van der Waals surface area contributed by atoms with E-state index >= 15 is 0 Å². The highest BCUT2D eigenvalue weighted by Gasteiger charge is 2.60. The van der Waals surface area contributed by atoms with Crippen LogP contribution in [0.2, 0.25) is 0 Å². The Morgan fingerprint density at radius 3 is 2.81 bits per heavy atom. The van der Waals surface area contributed by atoms with Gasteiger partial charge in [0.15, 0.2) is 6.23 Å². The number of nitrogens with one attached hydrogen (secondary N) is 1. The summed E-state index contributed by atoms with van der Waals surface area (Å²) >= 11 is 0. The van der Waals surface area contributed by atoms with Gasteiger partial charge < -0.3 is 19.9 Å². The lowest BCUT2D eigenvalue weighted by atomic mass is 9.96. The molecule has 0 radical (unpaired) electrons. The van der Waals surface area contributed by atoms with Crippen molar-refractivity contribution >= 4 is 11.7 Å². The molecule has 1 aromatic heterocycles. The van der Waals surface area contributed by atoms with Crippen LogP contribution in [0.4, 0.5) is 5.82 Å². The van der Waals surface area contributed by atoms with Crippen molar-refractivity contribution in [3.05, 3.63) is 58.1 Å². The number of amides is 1. The number of rotatable bonds is 4. The highest BCUT2D eigenvalue weighted by molar-refractivity contribution is 6.03. The Balaban J connectivity index is 1.60. The van der Waals surface area contributed by atoms with Gasteiger partial charge in [-0.05, 0) is 25.5 Å². The number of aromatic nitrogens is 2. The minimum Gasteiger partial charge on any atom is -0.387 e. The lowest BCUT2D eigenvalue weighted by Crippen LogP contribution is -2.40. The molecule has 142 valence electrons. The second-order valence-electron chi connectivity index (χ2n) is 6.93. The predicted octanol–water partition coefficient (Wildman–Crippen LogP) is 1.24. The van der Waals surface area contributed by atoms with E-state index in [0.29, 0.717) is 24.2 Å². The second-order valence-corrected chi connectivity index (χ2v) is 6.93. The number of carbonyl (C=O) groups excluding carboxylic acids is 1. The van der Waals surface area contributed by atoms with Crippen molar-refractivity contribution < 1.29 is 19.4 Å². The molecule has 0 saturated carbocycles. The Hall–Kier alpha value is -2.55. The molecule has 4 atom stereocenters. The maximum atomic E-state index is 12.6. The van der Waals surface area contributed by atoms with Gasteiger partial charge >= 0.3 is 5.69 Å². The fourth-order valence-corrected chi connectivity index (χ4v) is 3.62. The molecule has 2 N–H and O–H groups in total. The third-order valence-electron chi connectivity index (χ3n) is 5.28. The summed E-state index contributed by atoms with van der Waals surface area (Å²) in [7, 11) is 0. The highest BCUT2D eigenvalue weighted by atomic mass is 16.6. The van der Waals surface area contributed by atoms with Crippen LogP contribution in [0.5, 0.6) is 0 Å². The molecule has 2 aliphatic heterocycles. The van der Waals surface area contributed by atoms with Gasteiger partial charge in [0, 0.05) is 17.3 Å². The summed E-state index contributed by atoms with van der Waals surface area (Å²) in [6, 6.07) is 8.69. The first-order chi connectivity index (χ1) is 12.9. The number of hydrogen-bond donors (Lipinski definition) is 2. The summed E-state index contributed by atoms with van der Waals surface area (Å²) in [5.41, 5.74) is -0.294. The van der Waals surface area contributed by atoms with E-state index in [1.54, 1.807) is 37.4 Å². The van der Waals surface area contributed by atoms with E-state index < -0.39 is 29.7 Å². The number of fused-ring (bicyclic) bond motifs is 2. The number of nitrogens with zero attached hydrogens (tertiary/aromatic N) is 2. The average molecular weight is 371 g/mol. The molecule has 0 aliphatic carbocycles. The first-order valence-electron chi connectivity index (χ1n) is 8.89. The van der Waals surface area contributed by atoms with Gasteiger partial charge in [0.05, 0.1) is 6.61 Å². The SMILES string of the molecule is CC[C@@]12CO[C@@H]([C@@H](n3cc(C)c(NC(=O)c4ccccc4)nc3=O)O1)[C@@H]2O. The van der Waals surface area contributed by atoms with E-state index in [-0.39, 0.29) is 11.7 Å². The topological polar surface area (TPSA) is 103 Å². The molecule has 3 heterocycles. The Morgan fingerprint density at radius 1 is 1.41 bits per heavy atom. The maximum Gasteiger partial charge on any atom is 0.351 e. The quantitative estimate of drug-likeness (QED) is 0.838. The molecular formula is C19H21N3O5. The predicted molar refractivity (Wildman–Crippen MR) is 96.5 cm³/mol. The minimum absolute atomic E-state index is 0.194. The van der Waals surface area contributed by atoms with E-state index in [1.807, 2.05) is 13.0 Å². The van der Waals surface area contributed by atoms with E-state index in [4.69, 9.17) is 9.47 Å². The Morgan fingerprint density at radius 2 is 2.15 bits per heavy atom. The van der Waals surface area contributed by atoms with Crippen molar-refractivity contribution in [2.75, 3.05) is 11.9 Å². The summed E-state index contributed by atoms with van der Waals surface area (Å²) in [4.78, 5) is 28.9. The minimum atomic E-state index is -0.794. The second kappa shape index (κ2) is 6.56. The van der Waals surface area contributed by atoms with Crippen molar-refractivity contribution in [3.8, 4) is 0 Å². The zero-order valence-corrected chi connectivity index (χ0v) is 15.1. The lowest BCUT2D eigenvalue weighted by molar-refractivity contribution is -0.175. The molecule has 1 amide bonds. The Labute approximate surface area is 155 Å². The number of benzene rings is 1. The number of aliphatic hydroxyl groups is 1. The van der Waals surface area contributed by atoms with Crippen LogP contribution in [0.1, 0.15) is 35.5 Å². The van der Waals surface area contributed by atoms with Crippen molar-refractivity contribution in [2.24, 2.45) is 0 Å². The Bertz CT molecular complexity index is 929. The van der Waals surface area contributed by atoms with Gasteiger partial charge in [-0.3, -0.25) is 9.36 Å². The van der Waals surface area contributed by atoms with Crippen LogP contribution in [0.15, 0.2) is 41.3 Å². The average Bonchev–Trinajstić information content (AvgIpc) is 3.15. The van der Waals surface area contributed by atoms with E-state index in [9.17, 15) is 14.7 Å². The molecule has 4 rings (SSSR count). The molecule has 1 aromatic carbocycles. The molecule has 2 bridgehead atoms. The fraction of sp³-hybridized carbons (Fsp3) is 0.421. The molecule has 8 nitrogen and oxygen atoms in total. The van der Waals surface area contributed by atoms with E-state index in [2.05, 4.69) is 10.3 Å². The zero-order chi connectivity index (χ0) is 19.2. The van der Waals surface area contributed by atoms with Gasteiger partial charge in [0.1, 0.15) is 23.6 Å². The number of carbonyl (C=O) groups is 1. The van der Waals surface area contributed by atoms with Crippen molar-refractivity contribution in [2.45, 2.75) is 44.3 Å². The van der Waals surface area contributed by atoms with Crippen LogP contribution < -0.4 is 11.0 Å². The Kier molecular flexibility index (Phi) is 4.33. The van der Waals surface area contributed by atoms with Gasteiger partial charge in [-0.25, -0.2) is 4.79 Å². The summed E-state index contributed by atoms with van der Waals surface area (Å²) in [6.45, 7) is 3.95. The van der Waals surface area contributed by atoms with Gasteiger partial charge in [0.2, 0.25) is 0 Å². The van der Waals surface area contributed by atoms with Crippen molar-refractivity contribution in [1.29, 1.82) is 0 Å². The first kappa shape index (κ1) is 17.8. The van der Waals surface area contributed by atoms with Crippen LogP contribution in [0.25, 0.3) is 0 Å². The normalized spacial score (nSPS) is 29.1. The molecule has 2 saturated heterocycles. The van der Waals surface area contributed by atoms with Crippen molar-refractivity contribution in [1.82, 2.24) is 9.55 Å². The van der Waals surface area contributed by atoms with Crippen LogP contribution >= 0.6 is 0 Å². The number of aliphatic hydroxyl groups excluding tert-OH is 1. The number of anilines is 1. The van der Waals surface area contributed by atoms with Gasteiger partial charge in [-0.1, -0.05) is 25.1 Å². The molecule has 27 heavy (non-hydrogen) atoms. The number of hydrogen-bond acceptors (Lipinski definition) is 6. The maximum absolute atomic E-state index is 12.6. The van der Waals surface area contributed by atoms with Crippen LogP contribution in [0, 0.1) is 6.92 Å². The zero-order valence-electron chi connectivity index (χ0n) is 15.1. The molecule has 0 unspecified atom stereocenters. The summed E-state index contributed by atoms with van der Waals surface area (Å²) in [5.74, 6) is -0.150. The molecule has 2 aromatic rings. The fourth-order valence-electron chi connectivity index (χ4n) is 3.62. The third kappa shape index (κ3) is 2.86. The number of ether oxygens (including phenoxy) is 2. The van der Waals surface area contributed by atoms with Crippen LogP contribution in [0.3, 0.4) is 0 Å². The van der Waals surface area contributed by atoms with Gasteiger partial charge in [0.25, 0.3) is 5.91 Å². The van der Waals surface area contributed by atoms with E-state index in [1.165, 1.54) is 4.57 Å². The summed E-state index contributed by atoms with van der Waals surface area (Å²) < 4.78 is 12.9. The van der Waals surface area contributed by atoms with Gasteiger partial charge in [-0.2, -0.15) is 4.98 Å². The van der Waals surface area contributed by atoms with Gasteiger partial charge in [-0.15, -0.1) is 0 Å². The first-order valence-corrected chi connectivity index (χ1v) is 8.89. The monoisotopic (exact) mass is 371 g/mol. The summed E-state index contributed by atoms with van der Waals surface area (Å²) in [5, 5.41) is 13.1. The largest absolute Gasteiger partial charge is 0.387 e. The number of aryl methyl sites for hydroxylation is 1. The standard InChI is InChI=1S/C19H21N3O5/c1-3-19-10-26-13(14(19)23)17(27-19)22-9-11(2)15(21-18(22)25)20-16(24)12-7-5-4-6-8-12/h4-9,13-14,17,23H,3,10H2,1-2H3,(H,20,21,24,25)/t13-,14+,17+,19+/m1/s1. The van der Waals surface area contributed by atoms with Crippen LogP contribution in [-0.2, 0) is 9.47 Å². The lowest BCUT2D eigenvalue weighted by Gasteiger charge is -2.30. The highest BCUT2D eigenvalue weighted by Crippen LogP contribution is 2.46. The summed E-state index contributed by atoms with van der Waals surface area (Å²) in [6.07, 6.45) is -0.00839. The van der Waals surface area contributed by atoms with Crippen molar-refractivity contribution in [3.63, 3.8) is 0 Å². The van der Waals surface area contributed by atoms with E-state index in [0.717, 1.165) is 0 Å². The molecule has 2 fully saturated rings.